The Kier molecular flexibility index (Phi) is 5.41. The predicted octanol–water partition coefficient (Wildman–Crippen LogP) is 2.42. The van der Waals surface area contributed by atoms with Crippen molar-refractivity contribution in [2.75, 3.05) is 26.7 Å². The van der Waals surface area contributed by atoms with E-state index in [-0.39, 0.29) is 6.42 Å². The Hall–Kier alpha value is -1.55. The summed E-state index contributed by atoms with van der Waals surface area (Å²) in [5.74, 6) is 0.772. The van der Waals surface area contributed by atoms with E-state index in [1.807, 2.05) is 24.3 Å². The first-order chi connectivity index (χ1) is 9.63. The van der Waals surface area contributed by atoms with E-state index in [4.69, 9.17) is 9.84 Å². The van der Waals surface area contributed by atoms with Crippen LogP contribution in [-0.2, 0) is 11.2 Å². The number of rotatable bonds is 6. The van der Waals surface area contributed by atoms with Gasteiger partial charge in [0.2, 0.25) is 0 Å². The Labute approximate surface area is 120 Å². The highest BCUT2D eigenvalue weighted by Crippen LogP contribution is 2.19. The molecule has 110 valence electrons. The zero-order chi connectivity index (χ0) is 14.4. The average molecular weight is 277 g/mol. The quantitative estimate of drug-likeness (QED) is 0.867. The summed E-state index contributed by atoms with van der Waals surface area (Å²) in [6, 6.07) is 7.78. The van der Waals surface area contributed by atoms with Crippen LogP contribution in [-0.4, -0.2) is 42.7 Å². The van der Waals surface area contributed by atoms with Gasteiger partial charge in [0.1, 0.15) is 5.75 Å². The third-order valence-electron chi connectivity index (χ3n) is 3.87. The highest BCUT2D eigenvalue weighted by Gasteiger charge is 2.16. The zero-order valence-electron chi connectivity index (χ0n) is 12.0. The summed E-state index contributed by atoms with van der Waals surface area (Å²) in [5.41, 5.74) is 1.04. The lowest BCUT2D eigenvalue weighted by atomic mass is 9.98. The SMILES string of the molecule is CN1CCC(COc2ccc(CCC(=O)O)cc2)CC1. The van der Waals surface area contributed by atoms with Gasteiger partial charge in [0.15, 0.2) is 0 Å². The fourth-order valence-corrected chi connectivity index (χ4v) is 2.45. The van der Waals surface area contributed by atoms with E-state index < -0.39 is 5.97 Å². The van der Waals surface area contributed by atoms with Crippen LogP contribution in [0.4, 0.5) is 0 Å². The van der Waals surface area contributed by atoms with E-state index in [9.17, 15) is 4.79 Å². The number of hydrogen-bond donors (Lipinski definition) is 1. The van der Waals surface area contributed by atoms with Gasteiger partial charge in [0.05, 0.1) is 6.61 Å². The number of likely N-dealkylation sites (tertiary alicyclic amines) is 1. The van der Waals surface area contributed by atoms with Crippen molar-refractivity contribution in [3.63, 3.8) is 0 Å². The van der Waals surface area contributed by atoms with Crippen LogP contribution in [0.15, 0.2) is 24.3 Å². The highest BCUT2D eigenvalue weighted by atomic mass is 16.5. The third-order valence-corrected chi connectivity index (χ3v) is 3.87. The zero-order valence-corrected chi connectivity index (χ0v) is 12.0. The largest absolute Gasteiger partial charge is 0.493 e. The van der Waals surface area contributed by atoms with Gasteiger partial charge in [-0.25, -0.2) is 0 Å². The van der Waals surface area contributed by atoms with Gasteiger partial charge in [-0.05, 0) is 63.0 Å². The molecule has 0 aromatic heterocycles. The molecule has 1 N–H and O–H groups in total. The van der Waals surface area contributed by atoms with Crippen LogP contribution >= 0.6 is 0 Å². The molecule has 20 heavy (non-hydrogen) atoms. The topological polar surface area (TPSA) is 49.8 Å². The Morgan fingerprint density at radius 2 is 1.95 bits per heavy atom. The summed E-state index contributed by atoms with van der Waals surface area (Å²) in [7, 11) is 2.16. The smallest absolute Gasteiger partial charge is 0.303 e. The molecule has 4 heteroatoms. The molecule has 1 heterocycles. The molecule has 2 rings (SSSR count). The summed E-state index contributed by atoms with van der Waals surface area (Å²) < 4.78 is 5.83. The summed E-state index contributed by atoms with van der Waals surface area (Å²) in [5, 5.41) is 8.65. The minimum absolute atomic E-state index is 0.176. The van der Waals surface area contributed by atoms with Gasteiger partial charge in [-0.3, -0.25) is 4.79 Å². The lowest BCUT2D eigenvalue weighted by Gasteiger charge is -2.28. The van der Waals surface area contributed by atoms with Gasteiger partial charge in [0, 0.05) is 6.42 Å². The molecule has 1 aromatic carbocycles. The van der Waals surface area contributed by atoms with E-state index in [1.54, 1.807) is 0 Å². The van der Waals surface area contributed by atoms with Crippen molar-refractivity contribution >= 4 is 5.97 Å². The van der Waals surface area contributed by atoms with Crippen molar-refractivity contribution in [3.8, 4) is 5.75 Å². The molecule has 1 aromatic rings. The number of nitrogens with zero attached hydrogens (tertiary/aromatic N) is 1. The maximum atomic E-state index is 10.5. The number of carboxylic acids is 1. The normalized spacial score (nSPS) is 17.1. The Morgan fingerprint density at radius 3 is 2.55 bits per heavy atom. The van der Waals surface area contributed by atoms with Crippen molar-refractivity contribution in [3.05, 3.63) is 29.8 Å². The van der Waals surface area contributed by atoms with Gasteiger partial charge in [-0.15, -0.1) is 0 Å². The molecule has 1 saturated heterocycles. The van der Waals surface area contributed by atoms with Crippen molar-refractivity contribution in [1.82, 2.24) is 4.90 Å². The van der Waals surface area contributed by atoms with Crippen molar-refractivity contribution in [2.45, 2.75) is 25.7 Å². The number of carbonyl (C=O) groups is 1. The van der Waals surface area contributed by atoms with E-state index in [0.29, 0.717) is 12.3 Å². The van der Waals surface area contributed by atoms with Crippen LogP contribution < -0.4 is 4.74 Å². The fourth-order valence-electron chi connectivity index (χ4n) is 2.45. The molecule has 4 nitrogen and oxygen atoms in total. The van der Waals surface area contributed by atoms with Crippen molar-refractivity contribution in [2.24, 2.45) is 5.92 Å². The lowest BCUT2D eigenvalue weighted by Crippen LogP contribution is -2.32. The molecule has 0 aliphatic carbocycles. The predicted molar refractivity (Wildman–Crippen MR) is 78.1 cm³/mol. The molecular formula is C16H23NO3. The number of ether oxygens (including phenoxy) is 1. The standard InChI is InChI=1S/C16H23NO3/c1-17-10-8-14(9-11-17)12-20-15-5-2-13(3-6-15)4-7-16(18)19/h2-3,5-6,14H,4,7-12H2,1H3,(H,18,19). The molecule has 0 spiro atoms. The number of aliphatic carboxylic acids is 1. The monoisotopic (exact) mass is 277 g/mol. The molecule has 0 atom stereocenters. The van der Waals surface area contributed by atoms with Crippen LogP contribution in [0.1, 0.15) is 24.8 Å². The number of piperidine rings is 1. The molecule has 0 radical (unpaired) electrons. The van der Waals surface area contributed by atoms with Gasteiger partial charge in [-0.1, -0.05) is 12.1 Å². The Morgan fingerprint density at radius 1 is 1.30 bits per heavy atom. The van der Waals surface area contributed by atoms with Crippen LogP contribution in [0.2, 0.25) is 0 Å². The molecule has 0 amide bonds. The first-order valence-electron chi connectivity index (χ1n) is 7.25. The van der Waals surface area contributed by atoms with Crippen LogP contribution in [0.5, 0.6) is 5.75 Å². The third kappa shape index (κ3) is 4.85. The fraction of sp³-hybridized carbons (Fsp3) is 0.562. The minimum Gasteiger partial charge on any atom is -0.493 e. The molecule has 0 bridgehead atoms. The van der Waals surface area contributed by atoms with Crippen LogP contribution in [0.3, 0.4) is 0 Å². The molecule has 1 aliphatic heterocycles. The van der Waals surface area contributed by atoms with Crippen LogP contribution in [0.25, 0.3) is 0 Å². The Bertz CT molecular complexity index is 422. The summed E-state index contributed by atoms with van der Waals surface area (Å²) in [6.07, 6.45) is 3.15. The maximum Gasteiger partial charge on any atom is 0.303 e. The number of aryl methyl sites for hydroxylation is 1. The van der Waals surface area contributed by atoms with Gasteiger partial charge >= 0.3 is 5.97 Å². The molecule has 1 aliphatic rings. The van der Waals surface area contributed by atoms with E-state index in [0.717, 1.165) is 31.0 Å². The van der Waals surface area contributed by atoms with Crippen molar-refractivity contribution in [1.29, 1.82) is 0 Å². The summed E-state index contributed by atoms with van der Waals surface area (Å²) in [6.45, 7) is 3.09. The van der Waals surface area contributed by atoms with E-state index in [2.05, 4.69) is 11.9 Å². The average Bonchev–Trinajstić information content (AvgIpc) is 2.45. The second-order valence-electron chi connectivity index (χ2n) is 5.60. The summed E-state index contributed by atoms with van der Waals surface area (Å²) >= 11 is 0. The number of benzene rings is 1. The summed E-state index contributed by atoms with van der Waals surface area (Å²) in [4.78, 5) is 12.9. The van der Waals surface area contributed by atoms with Crippen molar-refractivity contribution < 1.29 is 14.6 Å². The second-order valence-corrected chi connectivity index (χ2v) is 5.60. The van der Waals surface area contributed by atoms with E-state index >= 15 is 0 Å². The van der Waals surface area contributed by atoms with Gasteiger partial charge in [-0.2, -0.15) is 0 Å². The van der Waals surface area contributed by atoms with Gasteiger partial charge < -0.3 is 14.7 Å². The first-order valence-corrected chi connectivity index (χ1v) is 7.25. The molecule has 0 unspecified atom stereocenters. The Balaban J connectivity index is 1.74. The van der Waals surface area contributed by atoms with Crippen LogP contribution in [0, 0.1) is 5.92 Å². The molecular weight excluding hydrogens is 254 g/mol. The minimum atomic E-state index is -0.757. The van der Waals surface area contributed by atoms with Gasteiger partial charge in [0.25, 0.3) is 0 Å². The molecule has 0 saturated carbocycles. The number of carboxylic acid groups (broad SMARTS) is 1. The number of hydrogen-bond acceptors (Lipinski definition) is 3. The molecule has 1 fully saturated rings. The van der Waals surface area contributed by atoms with E-state index in [1.165, 1.54) is 12.8 Å². The highest BCUT2D eigenvalue weighted by molar-refractivity contribution is 5.67. The lowest BCUT2D eigenvalue weighted by molar-refractivity contribution is -0.136. The second kappa shape index (κ2) is 7.29. The first kappa shape index (κ1) is 14.9. The maximum absolute atomic E-state index is 10.5.